The molecule has 0 aliphatic carbocycles. The predicted octanol–water partition coefficient (Wildman–Crippen LogP) is 3.07. The van der Waals surface area contributed by atoms with Crippen LogP contribution in [0.4, 0.5) is 0 Å². The standard InChI is InChI=1S/C15H28BrN3O/c1-6-7-17-13(8-11(2)10-20-5)9-14-15(16)12(3)18-19(14)4/h11,13,17H,6-10H2,1-5H3. The van der Waals surface area contributed by atoms with Gasteiger partial charge in [-0.3, -0.25) is 4.68 Å². The molecule has 1 aromatic rings. The van der Waals surface area contributed by atoms with Gasteiger partial charge in [-0.05, 0) is 48.2 Å². The first-order chi connectivity index (χ1) is 9.49. The highest BCUT2D eigenvalue weighted by Crippen LogP contribution is 2.23. The Balaban J connectivity index is 2.72. The minimum absolute atomic E-state index is 0.464. The summed E-state index contributed by atoms with van der Waals surface area (Å²) in [5, 5.41) is 8.13. The number of methoxy groups -OCH3 is 1. The maximum absolute atomic E-state index is 5.26. The van der Waals surface area contributed by atoms with Gasteiger partial charge in [0.25, 0.3) is 0 Å². The minimum atomic E-state index is 0.464. The molecule has 1 rings (SSSR count). The van der Waals surface area contributed by atoms with Crippen molar-refractivity contribution < 1.29 is 4.74 Å². The first-order valence-electron chi connectivity index (χ1n) is 7.39. The van der Waals surface area contributed by atoms with Crippen LogP contribution in [0.2, 0.25) is 0 Å². The molecule has 0 fully saturated rings. The summed E-state index contributed by atoms with van der Waals surface area (Å²) in [4.78, 5) is 0. The van der Waals surface area contributed by atoms with Crippen LogP contribution in [0.25, 0.3) is 0 Å². The molecule has 1 N–H and O–H groups in total. The van der Waals surface area contributed by atoms with Crippen LogP contribution in [0.1, 0.15) is 38.1 Å². The number of hydrogen-bond acceptors (Lipinski definition) is 3. The zero-order valence-electron chi connectivity index (χ0n) is 13.4. The van der Waals surface area contributed by atoms with Gasteiger partial charge < -0.3 is 10.1 Å². The van der Waals surface area contributed by atoms with E-state index >= 15 is 0 Å². The van der Waals surface area contributed by atoms with E-state index in [-0.39, 0.29) is 0 Å². The van der Waals surface area contributed by atoms with Crippen molar-refractivity contribution in [1.82, 2.24) is 15.1 Å². The highest BCUT2D eigenvalue weighted by atomic mass is 79.9. The van der Waals surface area contributed by atoms with E-state index < -0.39 is 0 Å². The molecular weight excluding hydrogens is 318 g/mol. The van der Waals surface area contributed by atoms with Gasteiger partial charge in [-0.25, -0.2) is 0 Å². The molecular formula is C15H28BrN3O. The summed E-state index contributed by atoms with van der Waals surface area (Å²) in [6.07, 6.45) is 3.26. The molecule has 20 heavy (non-hydrogen) atoms. The number of rotatable bonds is 9. The number of nitrogens with zero attached hydrogens (tertiary/aromatic N) is 2. The summed E-state index contributed by atoms with van der Waals surface area (Å²) in [7, 11) is 3.79. The predicted molar refractivity (Wildman–Crippen MR) is 87.1 cm³/mol. The van der Waals surface area contributed by atoms with Crippen molar-refractivity contribution in [2.75, 3.05) is 20.3 Å². The van der Waals surface area contributed by atoms with Gasteiger partial charge in [0, 0.05) is 33.2 Å². The van der Waals surface area contributed by atoms with Crippen LogP contribution in [0.5, 0.6) is 0 Å². The Morgan fingerprint density at radius 3 is 2.65 bits per heavy atom. The van der Waals surface area contributed by atoms with Gasteiger partial charge in [-0.15, -0.1) is 0 Å². The van der Waals surface area contributed by atoms with Crippen LogP contribution >= 0.6 is 15.9 Å². The highest BCUT2D eigenvalue weighted by molar-refractivity contribution is 9.10. The molecule has 4 nitrogen and oxygen atoms in total. The lowest BCUT2D eigenvalue weighted by molar-refractivity contribution is 0.149. The Hall–Kier alpha value is -0.390. The third-order valence-corrected chi connectivity index (χ3v) is 4.55. The molecule has 0 radical (unpaired) electrons. The van der Waals surface area contributed by atoms with Crippen molar-refractivity contribution in [2.24, 2.45) is 13.0 Å². The van der Waals surface area contributed by atoms with E-state index in [0.29, 0.717) is 12.0 Å². The highest BCUT2D eigenvalue weighted by Gasteiger charge is 2.18. The van der Waals surface area contributed by atoms with Crippen molar-refractivity contribution in [1.29, 1.82) is 0 Å². The summed E-state index contributed by atoms with van der Waals surface area (Å²) in [6, 6.07) is 0.464. The fourth-order valence-corrected chi connectivity index (χ4v) is 3.06. The van der Waals surface area contributed by atoms with Gasteiger partial charge >= 0.3 is 0 Å². The number of hydrogen-bond donors (Lipinski definition) is 1. The van der Waals surface area contributed by atoms with E-state index in [9.17, 15) is 0 Å². The number of halogens is 1. The van der Waals surface area contributed by atoms with Crippen LogP contribution in [0.3, 0.4) is 0 Å². The molecule has 0 aliphatic heterocycles. The Bertz CT molecular complexity index is 406. The van der Waals surface area contributed by atoms with Gasteiger partial charge in [0.1, 0.15) is 0 Å². The van der Waals surface area contributed by atoms with Crippen LogP contribution in [-0.4, -0.2) is 36.1 Å². The molecule has 0 aromatic carbocycles. The Labute approximate surface area is 131 Å². The molecule has 1 aromatic heterocycles. The lowest BCUT2D eigenvalue weighted by atomic mass is 9.98. The third-order valence-electron chi connectivity index (χ3n) is 3.52. The van der Waals surface area contributed by atoms with Gasteiger partial charge in [0.2, 0.25) is 0 Å². The van der Waals surface area contributed by atoms with E-state index in [0.717, 1.165) is 42.6 Å². The SMILES string of the molecule is CCCNC(Cc1c(Br)c(C)nn1C)CC(C)COC. The van der Waals surface area contributed by atoms with Crippen molar-refractivity contribution >= 4 is 15.9 Å². The molecule has 2 unspecified atom stereocenters. The lowest BCUT2D eigenvalue weighted by Gasteiger charge is -2.22. The normalized spacial score (nSPS) is 14.5. The second-order valence-corrected chi connectivity index (χ2v) is 6.41. The Morgan fingerprint density at radius 2 is 2.15 bits per heavy atom. The topological polar surface area (TPSA) is 39.1 Å². The molecule has 0 saturated carbocycles. The Kier molecular flexibility index (Phi) is 7.77. The molecule has 0 spiro atoms. The van der Waals surface area contributed by atoms with E-state index in [1.165, 1.54) is 5.69 Å². The van der Waals surface area contributed by atoms with Crippen molar-refractivity contribution in [2.45, 2.75) is 46.1 Å². The van der Waals surface area contributed by atoms with Crippen LogP contribution in [0, 0.1) is 12.8 Å². The summed E-state index contributed by atoms with van der Waals surface area (Å²) in [6.45, 7) is 8.35. The number of ether oxygens (including phenoxy) is 1. The van der Waals surface area contributed by atoms with Crippen LogP contribution in [-0.2, 0) is 18.2 Å². The second kappa shape index (κ2) is 8.80. The first-order valence-corrected chi connectivity index (χ1v) is 8.19. The van der Waals surface area contributed by atoms with Crippen molar-refractivity contribution in [3.8, 4) is 0 Å². The summed E-state index contributed by atoms with van der Waals surface area (Å²) in [5.41, 5.74) is 2.32. The molecule has 2 atom stereocenters. The fraction of sp³-hybridized carbons (Fsp3) is 0.800. The summed E-state index contributed by atoms with van der Waals surface area (Å²) < 4.78 is 8.38. The molecule has 1 heterocycles. The second-order valence-electron chi connectivity index (χ2n) is 5.62. The maximum atomic E-state index is 5.26. The van der Waals surface area contributed by atoms with E-state index in [1.54, 1.807) is 7.11 Å². The smallest absolute Gasteiger partial charge is 0.0738 e. The monoisotopic (exact) mass is 345 g/mol. The van der Waals surface area contributed by atoms with Crippen molar-refractivity contribution in [3.05, 3.63) is 15.9 Å². The zero-order valence-corrected chi connectivity index (χ0v) is 15.0. The average Bonchev–Trinajstić information content (AvgIpc) is 2.62. The van der Waals surface area contributed by atoms with Crippen molar-refractivity contribution in [3.63, 3.8) is 0 Å². The quantitative estimate of drug-likeness (QED) is 0.747. The lowest BCUT2D eigenvalue weighted by Crippen LogP contribution is -2.34. The number of aryl methyl sites for hydroxylation is 2. The summed E-state index contributed by atoms with van der Waals surface area (Å²) >= 11 is 3.66. The van der Waals surface area contributed by atoms with E-state index in [2.05, 4.69) is 40.2 Å². The van der Waals surface area contributed by atoms with Gasteiger partial charge in [0.15, 0.2) is 0 Å². The minimum Gasteiger partial charge on any atom is -0.384 e. The van der Waals surface area contributed by atoms with Crippen LogP contribution in [0.15, 0.2) is 4.47 Å². The van der Waals surface area contributed by atoms with Gasteiger partial charge in [0.05, 0.1) is 15.9 Å². The molecule has 0 bridgehead atoms. The number of nitrogens with one attached hydrogen (secondary N) is 1. The molecule has 0 saturated heterocycles. The number of aromatic nitrogens is 2. The summed E-state index contributed by atoms with van der Waals surface area (Å²) in [5.74, 6) is 0.558. The average molecular weight is 346 g/mol. The maximum Gasteiger partial charge on any atom is 0.0738 e. The third kappa shape index (κ3) is 5.19. The van der Waals surface area contributed by atoms with Gasteiger partial charge in [-0.1, -0.05) is 13.8 Å². The molecule has 116 valence electrons. The molecule has 0 aliphatic rings. The zero-order chi connectivity index (χ0) is 15.1. The Morgan fingerprint density at radius 1 is 1.45 bits per heavy atom. The largest absolute Gasteiger partial charge is 0.384 e. The first kappa shape index (κ1) is 17.7. The van der Waals surface area contributed by atoms with E-state index in [1.807, 2.05) is 18.7 Å². The molecule has 5 heteroatoms. The van der Waals surface area contributed by atoms with Gasteiger partial charge in [-0.2, -0.15) is 5.10 Å². The molecule has 0 amide bonds. The van der Waals surface area contributed by atoms with Crippen LogP contribution < -0.4 is 5.32 Å². The fourth-order valence-electron chi connectivity index (χ4n) is 2.56. The van der Waals surface area contributed by atoms with E-state index in [4.69, 9.17) is 4.74 Å².